The Labute approximate surface area is 178 Å². The first-order valence-electron chi connectivity index (χ1n) is 9.78. The van der Waals surface area contributed by atoms with Crippen LogP contribution in [0.3, 0.4) is 0 Å². The maximum atomic E-state index is 12.4. The van der Waals surface area contributed by atoms with Crippen molar-refractivity contribution < 1.29 is 19.1 Å². The first-order valence-corrected chi connectivity index (χ1v) is 10.6. The van der Waals surface area contributed by atoms with Crippen LogP contribution in [0.4, 0.5) is 0 Å². The van der Waals surface area contributed by atoms with Crippen LogP contribution in [0.15, 0.2) is 60.7 Å². The molecule has 0 bridgehead atoms. The van der Waals surface area contributed by atoms with Crippen LogP contribution in [0.25, 0.3) is 10.4 Å². The second kappa shape index (κ2) is 9.45. The van der Waals surface area contributed by atoms with Gasteiger partial charge in [-0.2, -0.15) is 0 Å². The Morgan fingerprint density at radius 1 is 0.900 bits per heavy atom. The van der Waals surface area contributed by atoms with Crippen molar-refractivity contribution in [2.24, 2.45) is 0 Å². The molecule has 154 valence electrons. The Morgan fingerprint density at radius 2 is 1.70 bits per heavy atom. The summed E-state index contributed by atoms with van der Waals surface area (Å²) in [5.74, 6) is 0.980. The summed E-state index contributed by atoms with van der Waals surface area (Å²) >= 11 is 1.37. The molecule has 0 radical (unpaired) electrons. The van der Waals surface area contributed by atoms with Crippen LogP contribution in [0.2, 0.25) is 0 Å². The molecular weight excluding hydrogens is 400 g/mol. The van der Waals surface area contributed by atoms with E-state index in [9.17, 15) is 9.59 Å². The molecular formula is C23H22N2O4S. The molecule has 30 heavy (non-hydrogen) atoms. The Bertz CT molecular complexity index is 1030. The van der Waals surface area contributed by atoms with E-state index < -0.39 is 0 Å². The van der Waals surface area contributed by atoms with Crippen molar-refractivity contribution >= 4 is 23.2 Å². The number of ether oxygens (including phenoxy) is 2. The zero-order chi connectivity index (χ0) is 20.8. The summed E-state index contributed by atoms with van der Waals surface area (Å²) in [5.41, 5.74) is 2.12. The number of rotatable bonds is 7. The van der Waals surface area contributed by atoms with E-state index in [2.05, 4.69) is 10.6 Å². The van der Waals surface area contributed by atoms with Crippen LogP contribution in [0, 0.1) is 0 Å². The average Bonchev–Trinajstić information content (AvgIpc) is 3.28. The summed E-state index contributed by atoms with van der Waals surface area (Å²) in [6.45, 7) is 1.56. The smallest absolute Gasteiger partial charge is 0.261 e. The quantitative estimate of drug-likeness (QED) is 0.613. The molecule has 0 spiro atoms. The van der Waals surface area contributed by atoms with E-state index in [4.69, 9.17) is 9.47 Å². The molecule has 2 aromatic carbocycles. The monoisotopic (exact) mass is 422 g/mol. The minimum absolute atomic E-state index is 0.0507. The number of carbonyl (C=O) groups excluding carboxylic acids is 2. The van der Waals surface area contributed by atoms with Crippen LogP contribution in [0.1, 0.15) is 15.2 Å². The topological polar surface area (TPSA) is 76.7 Å². The Kier molecular flexibility index (Phi) is 6.29. The number of hydrogen-bond acceptors (Lipinski definition) is 5. The van der Waals surface area contributed by atoms with Crippen molar-refractivity contribution in [3.63, 3.8) is 0 Å². The molecule has 2 heterocycles. The molecule has 1 aliphatic rings. The van der Waals surface area contributed by atoms with Gasteiger partial charge in [0.05, 0.1) is 11.4 Å². The van der Waals surface area contributed by atoms with E-state index in [1.54, 1.807) is 6.07 Å². The second-order valence-corrected chi connectivity index (χ2v) is 7.87. The molecule has 0 saturated heterocycles. The number of thiophene rings is 1. The zero-order valence-electron chi connectivity index (χ0n) is 16.4. The fourth-order valence-electron chi connectivity index (χ4n) is 3.11. The number of nitrogens with one attached hydrogen (secondary N) is 2. The summed E-state index contributed by atoms with van der Waals surface area (Å²) < 4.78 is 11.2. The van der Waals surface area contributed by atoms with Gasteiger partial charge >= 0.3 is 0 Å². The maximum absolute atomic E-state index is 12.4. The Balaban J connectivity index is 1.27. The van der Waals surface area contributed by atoms with Gasteiger partial charge in [0.1, 0.15) is 13.2 Å². The summed E-state index contributed by atoms with van der Waals surface area (Å²) in [4.78, 5) is 25.9. The molecule has 0 atom stereocenters. The molecule has 0 unspecified atom stereocenters. The third-order valence-corrected chi connectivity index (χ3v) is 5.78. The average molecular weight is 423 g/mol. The van der Waals surface area contributed by atoms with Gasteiger partial charge in [-0.15, -0.1) is 11.3 Å². The molecule has 2 N–H and O–H groups in total. The van der Waals surface area contributed by atoms with Crippen LogP contribution >= 0.6 is 11.3 Å². The van der Waals surface area contributed by atoms with Crippen molar-refractivity contribution in [3.05, 3.63) is 71.1 Å². The lowest BCUT2D eigenvalue weighted by atomic mass is 10.1. The molecule has 7 heteroatoms. The van der Waals surface area contributed by atoms with E-state index in [1.807, 2.05) is 54.6 Å². The standard InChI is InChI=1S/C23H22N2O4S/c26-22(24-11-10-16-4-2-1-3-5-16)15-25-23(27)21-9-8-20(30-21)17-6-7-18-19(14-17)29-13-12-28-18/h1-9,14H,10-13,15H2,(H,24,26)(H,25,27). The highest BCUT2D eigenvalue weighted by molar-refractivity contribution is 7.17. The van der Waals surface area contributed by atoms with Gasteiger partial charge < -0.3 is 20.1 Å². The van der Waals surface area contributed by atoms with E-state index in [0.717, 1.165) is 28.2 Å². The minimum atomic E-state index is -0.262. The van der Waals surface area contributed by atoms with Crippen molar-refractivity contribution in [2.45, 2.75) is 6.42 Å². The predicted octanol–water partition coefficient (Wildman–Crippen LogP) is 3.28. The van der Waals surface area contributed by atoms with Crippen LogP contribution in [-0.4, -0.2) is 38.1 Å². The number of amides is 2. The van der Waals surface area contributed by atoms with Gasteiger partial charge in [-0.25, -0.2) is 0 Å². The van der Waals surface area contributed by atoms with Gasteiger partial charge in [-0.3, -0.25) is 9.59 Å². The molecule has 1 aliphatic heterocycles. The van der Waals surface area contributed by atoms with Gasteiger partial charge in [0.2, 0.25) is 5.91 Å². The summed E-state index contributed by atoms with van der Waals surface area (Å²) in [6.07, 6.45) is 0.754. The van der Waals surface area contributed by atoms with E-state index >= 15 is 0 Å². The summed E-state index contributed by atoms with van der Waals surface area (Å²) in [7, 11) is 0. The molecule has 0 aliphatic carbocycles. The first kappa shape index (κ1) is 20.0. The highest BCUT2D eigenvalue weighted by Crippen LogP contribution is 2.36. The van der Waals surface area contributed by atoms with Crippen molar-refractivity contribution in [1.29, 1.82) is 0 Å². The van der Waals surface area contributed by atoms with Crippen molar-refractivity contribution in [3.8, 4) is 21.9 Å². The van der Waals surface area contributed by atoms with Gasteiger partial charge in [0.15, 0.2) is 11.5 Å². The maximum Gasteiger partial charge on any atom is 0.261 e. The minimum Gasteiger partial charge on any atom is -0.486 e. The van der Waals surface area contributed by atoms with E-state index in [1.165, 1.54) is 11.3 Å². The molecule has 3 aromatic rings. The molecule has 6 nitrogen and oxygen atoms in total. The largest absolute Gasteiger partial charge is 0.486 e. The molecule has 4 rings (SSSR count). The Morgan fingerprint density at radius 3 is 2.53 bits per heavy atom. The SMILES string of the molecule is O=C(CNC(=O)c1ccc(-c2ccc3c(c2)OCCO3)s1)NCCc1ccccc1. The van der Waals surface area contributed by atoms with Gasteiger partial charge in [0.25, 0.3) is 5.91 Å². The normalized spacial score (nSPS) is 12.3. The fraction of sp³-hybridized carbons (Fsp3) is 0.217. The number of benzene rings is 2. The van der Waals surface area contributed by atoms with Crippen molar-refractivity contribution in [1.82, 2.24) is 10.6 Å². The van der Waals surface area contributed by atoms with Crippen LogP contribution < -0.4 is 20.1 Å². The number of carbonyl (C=O) groups is 2. The van der Waals surface area contributed by atoms with E-state index in [0.29, 0.717) is 30.4 Å². The lowest BCUT2D eigenvalue weighted by Gasteiger charge is -2.18. The van der Waals surface area contributed by atoms with Crippen LogP contribution in [0.5, 0.6) is 11.5 Å². The molecule has 0 fully saturated rings. The molecule has 2 amide bonds. The van der Waals surface area contributed by atoms with Crippen molar-refractivity contribution in [2.75, 3.05) is 26.3 Å². The van der Waals surface area contributed by atoms with Gasteiger partial charge in [-0.1, -0.05) is 30.3 Å². The highest BCUT2D eigenvalue weighted by Gasteiger charge is 2.15. The van der Waals surface area contributed by atoms with Gasteiger partial charge in [0, 0.05) is 11.4 Å². The lowest BCUT2D eigenvalue weighted by molar-refractivity contribution is -0.120. The summed E-state index contributed by atoms with van der Waals surface area (Å²) in [5, 5.41) is 5.50. The predicted molar refractivity (Wildman–Crippen MR) is 116 cm³/mol. The third kappa shape index (κ3) is 4.99. The van der Waals surface area contributed by atoms with E-state index in [-0.39, 0.29) is 18.4 Å². The highest BCUT2D eigenvalue weighted by atomic mass is 32.1. The second-order valence-electron chi connectivity index (χ2n) is 6.79. The lowest BCUT2D eigenvalue weighted by Crippen LogP contribution is -2.37. The fourth-order valence-corrected chi connectivity index (χ4v) is 4.03. The third-order valence-electron chi connectivity index (χ3n) is 4.64. The van der Waals surface area contributed by atoms with Crippen LogP contribution in [-0.2, 0) is 11.2 Å². The zero-order valence-corrected chi connectivity index (χ0v) is 17.2. The molecule has 0 saturated carbocycles. The molecule has 1 aromatic heterocycles. The first-order chi connectivity index (χ1) is 14.7. The summed E-state index contributed by atoms with van der Waals surface area (Å²) in [6, 6.07) is 19.3. The van der Waals surface area contributed by atoms with Gasteiger partial charge in [-0.05, 0) is 47.9 Å². The number of hydrogen-bond donors (Lipinski definition) is 2. The number of fused-ring (bicyclic) bond motifs is 1. The Hall–Kier alpha value is -3.32.